The van der Waals surface area contributed by atoms with Crippen molar-refractivity contribution in [1.82, 2.24) is 9.97 Å². The smallest absolute Gasteiger partial charge is 0.159 e. The molecule has 1 aromatic carbocycles. The Morgan fingerprint density at radius 3 is 2.58 bits per heavy atom. The van der Waals surface area contributed by atoms with E-state index in [1.807, 2.05) is 12.1 Å². The quantitative estimate of drug-likeness (QED) is 0.596. The number of hydrogen-bond acceptors (Lipinski definition) is 5. The number of hydrazine groups is 1. The van der Waals surface area contributed by atoms with Gasteiger partial charge >= 0.3 is 0 Å². The molecule has 0 aliphatic rings. The van der Waals surface area contributed by atoms with Crippen LogP contribution in [-0.4, -0.2) is 9.97 Å². The number of nitrogen functional groups attached to an aromatic ring is 1. The molecule has 1 heterocycles. The van der Waals surface area contributed by atoms with Gasteiger partial charge in [-0.25, -0.2) is 15.8 Å². The van der Waals surface area contributed by atoms with Crippen LogP contribution in [0.15, 0.2) is 35.1 Å². The van der Waals surface area contributed by atoms with Crippen LogP contribution >= 0.6 is 15.9 Å². The number of aryl methyl sites for hydroxylation is 1. The van der Waals surface area contributed by atoms with Gasteiger partial charge in [-0.3, -0.25) is 0 Å². The first-order valence-corrected chi connectivity index (χ1v) is 6.72. The van der Waals surface area contributed by atoms with Gasteiger partial charge in [0.05, 0.1) is 6.04 Å². The maximum atomic E-state index is 5.39. The van der Waals surface area contributed by atoms with Gasteiger partial charge in [0, 0.05) is 0 Å². The molecule has 1 unspecified atom stereocenters. The first-order chi connectivity index (χ1) is 9.13. The molecule has 0 spiro atoms. The molecule has 1 atom stereocenters. The predicted octanol–water partition coefficient (Wildman–Crippen LogP) is 3.01. The zero-order valence-corrected chi connectivity index (χ0v) is 12.4. The van der Waals surface area contributed by atoms with E-state index in [1.165, 1.54) is 17.5 Å². The van der Waals surface area contributed by atoms with Gasteiger partial charge in [0.2, 0.25) is 0 Å². The molecule has 0 bridgehead atoms. The maximum absolute atomic E-state index is 5.39. The largest absolute Gasteiger partial charge is 0.362 e. The summed E-state index contributed by atoms with van der Waals surface area (Å²) in [5.74, 6) is 6.65. The summed E-state index contributed by atoms with van der Waals surface area (Å²) in [7, 11) is 0. The summed E-state index contributed by atoms with van der Waals surface area (Å²) in [4.78, 5) is 8.24. The van der Waals surface area contributed by atoms with Crippen molar-refractivity contribution in [3.8, 4) is 0 Å². The summed E-state index contributed by atoms with van der Waals surface area (Å²) in [5.41, 5.74) is 4.99. The van der Waals surface area contributed by atoms with Gasteiger partial charge in [-0.1, -0.05) is 24.3 Å². The third-order valence-corrected chi connectivity index (χ3v) is 3.69. The molecule has 0 saturated heterocycles. The molecule has 0 aliphatic carbocycles. The average molecular weight is 322 g/mol. The van der Waals surface area contributed by atoms with Gasteiger partial charge < -0.3 is 10.7 Å². The van der Waals surface area contributed by atoms with Gasteiger partial charge in [0.1, 0.15) is 16.6 Å². The molecular weight excluding hydrogens is 306 g/mol. The van der Waals surface area contributed by atoms with E-state index in [1.54, 1.807) is 0 Å². The van der Waals surface area contributed by atoms with Crippen LogP contribution in [0.1, 0.15) is 24.1 Å². The van der Waals surface area contributed by atoms with Crippen molar-refractivity contribution in [1.29, 1.82) is 0 Å². The minimum absolute atomic E-state index is 0.137. The van der Waals surface area contributed by atoms with E-state index in [4.69, 9.17) is 5.84 Å². The van der Waals surface area contributed by atoms with Crippen LogP contribution < -0.4 is 16.6 Å². The van der Waals surface area contributed by atoms with E-state index >= 15 is 0 Å². The predicted molar refractivity (Wildman–Crippen MR) is 80.8 cm³/mol. The molecule has 0 saturated carbocycles. The normalized spacial score (nSPS) is 12.0. The lowest BCUT2D eigenvalue weighted by Crippen LogP contribution is -2.13. The first-order valence-electron chi connectivity index (χ1n) is 5.92. The molecule has 0 fully saturated rings. The molecule has 0 radical (unpaired) electrons. The molecule has 2 rings (SSSR count). The van der Waals surface area contributed by atoms with Crippen LogP contribution in [0.3, 0.4) is 0 Å². The molecule has 6 heteroatoms. The van der Waals surface area contributed by atoms with Crippen LogP contribution in [0.4, 0.5) is 11.6 Å². The number of aromatic nitrogens is 2. The van der Waals surface area contributed by atoms with E-state index in [2.05, 4.69) is 62.6 Å². The number of rotatable bonds is 4. The van der Waals surface area contributed by atoms with E-state index < -0.39 is 0 Å². The molecule has 4 N–H and O–H groups in total. The molecule has 1 aromatic heterocycles. The summed E-state index contributed by atoms with van der Waals surface area (Å²) in [6.45, 7) is 4.18. The van der Waals surface area contributed by atoms with E-state index in [0.717, 1.165) is 4.47 Å². The Morgan fingerprint density at radius 2 is 1.89 bits per heavy atom. The molecule has 0 amide bonds. The summed E-state index contributed by atoms with van der Waals surface area (Å²) >= 11 is 3.43. The topological polar surface area (TPSA) is 75.9 Å². The van der Waals surface area contributed by atoms with E-state index in [9.17, 15) is 0 Å². The molecule has 100 valence electrons. The fourth-order valence-electron chi connectivity index (χ4n) is 1.93. The Bertz CT molecular complexity index is 573. The number of nitrogens with two attached hydrogens (primary N) is 1. The summed E-state index contributed by atoms with van der Waals surface area (Å²) in [6, 6.07) is 8.39. The lowest BCUT2D eigenvalue weighted by molar-refractivity contribution is 0.860. The van der Waals surface area contributed by atoms with Crippen molar-refractivity contribution in [2.24, 2.45) is 5.84 Å². The highest BCUT2D eigenvalue weighted by Crippen LogP contribution is 2.29. The SMILES string of the molecule is Cc1ccccc1C(C)Nc1ncnc(NN)c1Br. The Balaban J connectivity index is 2.24. The third kappa shape index (κ3) is 3.02. The standard InChI is InChI=1S/C13H16BrN5/c1-8-5-3-4-6-10(8)9(2)18-12-11(14)13(19-15)17-7-16-12/h3-7,9H,15H2,1-2H3,(H2,16,17,18,19). The third-order valence-electron chi connectivity index (χ3n) is 2.93. The molecule has 5 nitrogen and oxygen atoms in total. The minimum Gasteiger partial charge on any atom is -0.362 e. The van der Waals surface area contributed by atoms with E-state index in [-0.39, 0.29) is 6.04 Å². The van der Waals surface area contributed by atoms with E-state index in [0.29, 0.717) is 11.6 Å². The number of nitrogens with zero attached hydrogens (tertiary/aromatic N) is 2. The Labute approximate surface area is 120 Å². The maximum Gasteiger partial charge on any atom is 0.159 e. The van der Waals surface area contributed by atoms with Crippen molar-refractivity contribution in [3.63, 3.8) is 0 Å². The number of halogens is 1. The highest BCUT2D eigenvalue weighted by molar-refractivity contribution is 9.10. The van der Waals surface area contributed by atoms with Crippen LogP contribution in [-0.2, 0) is 0 Å². The molecule has 0 aliphatic heterocycles. The average Bonchev–Trinajstić information content (AvgIpc) is 2.41. The Hall–Kier alpha value is -1.66. The second-order valence-corrected chi connectivity index (χ2v) is 5.04. The van der Waals surface area contributed by atoms with Crippen LogP contribution in [0.5, 0.6) is 0 Å². The van der Waals surface area contributed by atoms with Crippen molar-refractivity contribution < 1.29 is 0 Å². The highest BCUT2D eigenvalue weighted by atomic mass is 79.9. The fraction of sp³-hybridized carbons (Fsp3) is 0.231. The van der Waals surface area contributed by atoms with Crippen molar-refractivity contribution in [2.45, 2.75) is 19.9 Å². The van der Waals surface area contributed by atoms with Crippen LogP contribution in [0.25, 0.3) is 0 Å². The van der Waals surface area contributed by atoms with Gasteiger partial charge in [-0.05, 0) is 40.9 Å². The van der Waals surface area contributed by atoms with Crippen LogP contribution in [0.2, 0.25) is 0 Å². The van der Waals surface area contributed by atoms with Gasteiger partial charge in [-0.2, -0.15) is 0 Å². The van der Waals surface area contributed by atoms with Gasteiger partial charge in [0.25, 0.3) is 0 Å². The number of nitrogens with one attached hydrogen (secondary N) is 2. The molecular formula is C13H16BrN5. The second-order valence-electron chi connectivity index (χ2n) is 4.25. The lowest BCUT2D eigenvalue weighted by Gasteiger charge is -2.18. The molecule has 19 heavy (non-hydrogen) atoms. The fourth-order valence-corrected chi connectivity index (χ4v) is 2.36. The number of benzene rings is 1. The number of anilines is 2. The van der Waals surface area contributed by atoms with Crippen molar-refractivity contribution in [2.75, 3.05) is 10.7 Å². The van der Waals surface area contributed by atoms with Gasteiger partial charge in [0.15, 0.2) is 5.82 Å². The summed E-state index contributed by atoms with van der Waals surface area (Å²) < 4.78 is 0.720. The monoisotopic (exact) mass is 321 g/mol. The number of hydrogen-bond donors (Lipinski definition) is 3. The Kier molecular flexibility index (Phi) is 4.34. The molecule has 2 aromatic rings. The summed E-state index contributed by atoms with van der Waals surface area (Å²) in [6.07, 6.45) is 1.47. The lowest BCUT2D eigenvalue weighted by atomic mass is 10.0. The highest BCUT2D eigenvalue weighted by Gasteiger charge is 2.12. The minimum atomic E-state index is 0.137. The zero-order valence-electron chi connectivity index (χ0n) is 10.8. The first kappa shape index (κ1) is 13.8. The van der Waals surface area contributed by atoms with Crippen LogP contribution in [0, 0.1) is 6.92 Å². The Morgan fingerprint density at radius 1 is 1.21 bits per heavy atom. The van der Waals surface area contributed by atoms with Crippen molar-refractivity contribution in [3.05, 3.63) is 46.2 Å². The second kappa shape index (κ2) is 5.99. The zero-order chi connectivity index (χ0) is 13.8. The van der Waals surface area contributed by atoms with Gasteiger partial charge in [-0.15, -0.1) is 0 Å². The summed E-state index contributed by atoms with van der Waals surface area (Å²) in [5, 5.41) is 3.35. The van der Waals surface area contributed by atoms with Crippen molar-refractivity contribution >= 4 is 27.6 Å².